The van der Waals surface area contributed by atoms with Crippen LogP contribution >= 0.6 is 0 Å². The molecule has 0 bridgehead atoms. The van der Waals surface area contributed by atoms with E-state index >= 15 is 0 Å². The number of anilines is 1. The minimum absolute atomic E-state index is 0.111. The van der Waals surface area contributed by atoms with E-state index in [1.54, 1.807) is 12.3 Å². The molecule has 4 N–H and O–H groups in total. The molecule has 0 radical (unpaired) electrons. The maximum atomic E-state index is 12.0. The number of nitrogens with two attached hydrogens (primary N) is 1. The van der Waals surface area contributed by atoms with Crippen molar-refractivity contribution < 1.29 is 4.79 Å². The molecule has 1 unspecified atom stereocenters. The van der Waals surface area contributed by atoms with Gasteiger partial charge in [0.2, 0.25) is 0 Å². The number of nitrogen functional groups attached to an aromatic ring is 1. The lowest BCUT2D eigenvalue weighted by Gasteiger charge is -2.14. The third-order valence-electron chi connectivity index (χ3n) is 2.95. The van der Waals surface area contributed by atoms with Crippen molar-refractivity contribution in [3.05, 3.63) is 24.0 Å². The van der Waals surface area contributed by atoms with Gasteiger partial charge in [-0.15, -0.1) is 0 Å². The van der Waals surface area contributed by atoms with E-state index in [1.165, 1.54) is 6.20 Å². The quantitative estimate of drug-likeness (QED) is 0.499. The lowest BCUT2D eigenvalue weighted by molar-refractivity contribution is 0.0939. The SMILES string of the molecule is CN1CCC(NC(=O)c2ccncc2NN)C1. The van der Waals surface area contributed by atoms with Crippen LogP contribution in [-0.4, -0.2) is 42.0 Å². The van der Waals surface area contributed by atoms with Crippen molar-refractivity contribution >= 4 is 11.6 Å². The number of hydrazine groups is 1. The van der Waals surface area contributed by atoms with Crippen molar-refractivity contribution in [3.8, 4) is 0 Å². The van der Waals surface area contributed by atoms with E-state index in [9.17, 15) is 4.79 Å². The zero-order valence-electron chi connectivity index (χ0n) is 9.81. The molecular weight excluding hydrogens is 218 g/mol. The molecule has 0 aliphatic carbocycles. The Morgan fingerprint density at radius 2 is 2.47 bits per heavy atom. The highest BCUT2D eigenvalue weighted by molar-refractivity contribution is 5.99. The van der Waals surface area contributed by atoms with Crippen LogP contribution in [0.25, 0.3) is 0 Å². The summed E-state index contributed by atoms with van der Waals surface area (Å²) >= 11 is 0. The monoisotopic (exact) mass is 235 g/mol. The first-order chi connectivity index (χ1) is 8.20. The lowest BCUT2D eigenvalue weighted by Crippen LogP contribution is -2.37. The average Bonchev–Trinajstić information content (AvgIpc) is 2.74. The van der Waals surface area contributed by atoms with E-state index in [0.717, 1.165) is 19.5 Å². The molecule has 1 saturated heterocycles. The van der Waals surface area contributed by atoms with E-state index in [-0.39, 0.29) is 11.9 Å². The summed E-state index contributed by atoms with van der Waals surface area (Å²) < 4.78 is 0. The number of hydrogen-bond donors (Lipinski definition) is 3. The van der Waals surface area contributed by atoms with Crippen molar-refractivity contribution in [1.82, 2.24) is 15.2 Å². The first kappa shape index (κ1) is 11.8. The predicted molar refractivity (Wildman–Crippen MR) is 65.4 cm³/mol. The molecule has 0 saturated carbocycles. The van der Waals surface area contributed by atoms with Crippen LogP contribution in [0, 0.1) is 0 Å². The van der Waals surface area contributed by atoms with Gasteiger partial charge in [-0.1, -0.05) is 0 Å². The predicted octanol–water partition coefficient (Wildman–Crippen LogP) is -0.199. The molecular formula is C11H17N5O. The van der Waals surface area contributed by atoms with Gasteiger partial charge in [0.1, 0.15) is 0 Å². The number of pyridine rings is 1. The molecule has 0 spiro atoms. The molecule has 2 heterocycles. The van der Waals surface area contributed by atoms with Crippen molar-refractivity contribution in [3.63, 3.8) is 0 Å². The van der Waals surface area contributed by atoms with Crippen molar-refractivity contribution in [2.75, 3.05) is 25.6 Å². The second kappa shape index (κ2) is 5.11. The largest absolute Gasteiger partial charge is 0.348 e. The van der Waals surface area contributed by atoms with E-state index in [1.807, 2.05) is 7.05 Å². The third-order valence-corrected chi connectivity index (χ3v) is 2.95. The molecule has 6 heteroatoms. The van der Waals surface area contributed by atoms with Crippen LogP contribution in [0.3, 0.4) is 0 Å². The summed E-state index contributed by atoms with van der Waals surface area (Å²) in [6.45, 7) is 1.91. The van der Waals surface area contributed by atoms with Crippen LogP contribution in [-0.2, 0) is 0 Å². The van der Waals surface area contributed by atoms with E-state index < -0.39 is 0 Å². The number of carbonyl (C=O) groups is 1. The van der Waals surface area contributed by atoms with Gasteiger partial charge in [0, 0.05) is 18.8 Å². The fourth-order valence-electron chi connectivity index (χ4n) is 2.02. The number of carbonyl (C=O) groups excluding carboxylic acids is 1. The van der Waals surface area contributed by atoms with Crippen LogP contribution < -0.4 is 16.6 Å². The van der Waals surface area contributed by atoms with Crippen LogP contribution in [0.1, 0.15) is 16.8 Å². The zero-order valence-corrected chi connectivity index (χ0v) is 9.81. The number of likely N-dealkylation sites (N-methyl/N-ethyl adjacent to an activating group) is 1. The Balaban J connectivity index is 2.04. The van der Waals surface area contributed by atoms with Gasteiger partial charge in [0.25, 0.3) is 5.91 Å². The average molecular weight is 235 g/mol. The van der Waals surface area contributed by atoms with Gasteiger partial charge in [0.05, 0.1) is 17.4 Å². The fourth-order valence-corrected chi connectivity index (χ4v) is 2.02. The second-order valence-corrected chi connectivity index (χ2v) is 4.29. The summed E-state index contributed by atoms with van der Waals surface area (Å²) in [5.41, 5.74) is 3.54. The minimum atomic E-state index is -0.111. The Hall–Kier alpha value is -1.66. The Morgan fingerprint density at radius 1 is 1.65 bits per heavy atom. The van der Waals surface area contributed by atoms with Gasteiger partial charge in [-0.2, -0.15) is 0 Å². The summed E-state index contributed by atoms with van der Waals surface area (Å²) in [4.78, 5) is 18.1. The number of nitrogens with zero attached hydrogens (tertiary/aromatic N) is 2. The molecule has 0 aromatic carbocycles. The highest BCUT2D eigenvalue weighted by Crippen LogP contribution is 2.13. The number of nitrogens with one attached hydrogen (secondary N) is 2. The Morgan fingerprint density at radius 3 is 3.12 bits per heavy atom. The number of likely N-dealkylation sites (tertiary alicyclic amines) is 1. The van der Waals surface area contributed by atoms with Gasteiger partial charge in [0.15, 0.2) is 0 Å². The number of aromatic nitrogens is 1. The smallest absolute Gasteiger partial charge is 0.253 e. The zero-order chi connectivity index (χ0) is 12.3. The number of hydrogen-bond acceptors (Lipinski definition) is 5. The molecule has 17 heavy (non-hydrogen) atoms. The Kier molecular flexibility index (Phi) is 3.55. The van der Waals surface area contributed by atoms with Gasteiger partial charge in [-0.25, -0.2) is 0 Å². The Bertz CT molecular complexity index is 409. The normalized spacial score (nSPS) is 20.2. The van der Waals surface area contributed by atoms with Crippen LogP contribution in [0.2, 0.25) is 0 Å². The molecule has 92 valence electrons. The van der Waals surface area contributed by atoms with Crippen molar-refractivity contribution in [2.24, 2.45) is 5.84 Å². The van der Waals surface area contributed by atoms with Crippen molar-refractivity contribution in [2.45, 2.75) is 12.5 Å². The number of amides is 1. The second-order valence-electron chi connectivity index (χ2n) is 4.29. The summed E-state index contributed by atoms with van der Waals surface area (Å²) in [7, 11) is 2.05. The standard InChI is InChI=1S/C11H17N5O/c1-16-5-3-8(7-16)14-11(17)9-2-4-13-6-10(9)15-12/h2,4,6,8,15H,3,5,7,12H2,1H3,(H,14,17). The van der Waals surface area contributed by atoms with E-state index in [2.05, 4.69) is 20.6 Å². The maximum absolute atomic E-state index is 12.0. The molecule has 1 aliphatic heterocycles. The highest BCUT2D eigenvalue weighted by atomic mass is 16.1. The molecule has 1 aromatic rings. The molecule has 1 atom stereocenters. The van der Waals surface area contributed by atoms with Crippen LogP contribution in [0.4, 0.5) is 5.69 Å². The maximum Gasteiger partial charge on any atom is 0.253 e. The first-order valence-electron chi connectivity index (χ1n) is 5.60. The van der Waals surface area contributed by atoms with Gasteiger partial charge in [-0.05, 0) is 26.1 Å². The molecule has 1 aromatic heterocycles. The van der Waals surface area contributed by atoms with Gasteiger partial charge < -0.3 is 15.6 Å². The molecule has 1 aliphatic rings. The van der Waals surface area contributed by atoms with Gasteiger partial charge in [-0.3, -0.25) is 15.6 Å². The highest BCUT2D eigenvalue weighted by Gasteiger charge is 2.22. The summed E-state index contributed by atoms with van der Waals surface area (Å²) in [6, 6.07) is 1.87. The van der Waals surface area contributed by atoms with Crippen molar-refractivity contribution in [1.29, 1.82) is 0 Å². The summed E-state index contributed by atoms with van der Waals surface area (Å²) in [5, 5.41) is 3.00. The van der Waals surface area contributed by atoms with E-state index in [4.69, 9.17) is 5.84 Å². The fraction of sp³-hybridized carbons (Fsp3) is 0.455. The first-order valence-corrected chi connectivity index (χ1v) is 5.60. The minimum Gasteiger partial charge on any atom is -0.348 e. The van der Waals surface area contributed by atoms with Gasteiger partial charge >= 0.3 is 0 Å². The van der Waals surface area contributed by atoms with E-state index in [0.29, 0.717) is 11.3 Å². The lowest BCUT2D eigenvalue weighted by atomic mass is 10.2. The summed E-state index contributed by atoms with van der Waals surface area (Å²) in [5.74, 6) is 5.23. The molecule has 1 amide bonds. The molecule has 2 rings (SSSR count). The molecule has 1 fully saturated rings. The number of rotatable bonds is 3. The Labute approximate surface area is 100 Å². The van der Waals surface area contributed by atoms with Crippen LogP contribution in [0.5, 0.6) is 0 Å². The molecule has 6 nitrogen and oxygen atoms in total. The topological polar surface area (TPSA) is 83.3 Å². The van der Waals surface area contributed by atoms with Crippen LogP contribution in [0.15, 0.2) is 18.5 Å². The summed E-state index contributed by atoms with van der Waals surface area (Å²) in [6.07, 6.45) is 4.10. The third kappa shape index (κ3) is 2.72.